The molecule has 2 rings (SSSR count). The van der Waals surface area contributed by atoms with Crippen LogP contribution in [0.25, 0.3) is 0 Å². The van der Waals surface area contributed by atoms with Crippen LogP contribution in [0.5, 0.6) is 5.75 Å². The molecule has 0 bridgehead atoms. The first-order valence-electron chi connectivity index (χ1n) is 11.6. The molecule has 0 aromatic heterocycles. The molecule has 0 heterocycles. The zero-order valence-corrected chi connectivity index (χ0v) is 25.6. The van der Waals surface area contributed by atoms with Crippen molar-refractivity contribution in [3.63, 3.8) is 0 Å². The standard InChI is InChI=1S/C27H41BrO3Si2/c1-26(2,3)24(30-32(7)8)20-16-15-19(18-29-23-14-12-11-13-22(23)28)17-21(20)25(27(4,5)6)31-33(9)10/h11-17,24-25H,18H2,1-10H3. The summed E-state index contributed by atoms with van der Waals surface area (Å²) in [5.41, 5.74) is 3.52. The second kappa shape index (κ2) is 11.7. The molecular formula is C27H41BrO3Si2. The lowest BCUT2D eigenvalue weighted by atomic mass is 9.77. The normalized spacial score (nSPS) is 14.6. The van der Waals surface area contributed by atoms with Crippen molar-refractivity contribution in [2.75, 3.05) is 0 Å². The van der Waals surface area contributed by atoms with Crippen molar-refractivity contribution in [3.8, 4) is 5.75 Å². The van der Waals surface area contributed by atoms with Crippen LogP contribution in [0.15, 0.2) is 46.9 Å². The average molecular weight is 550 g/mol. The van der Waals surface area contributed by atoms with Gasteiger partial charge in [0, 0.05) is 0 Å². The third-order valence-corrected chi connectivity index (χ3v) is 7.30. The summed E-state index contributed by atoms with van der Waals surface area (Å²) in [5.74, 6) is 0.847. The lowest BCUT2D eigenvalue weighted by Crippen LogP contribution is -2.31. The predicted molar refractivity (Wildman–Crippen MR) is 146 cm³/mol. The first-order valence-corrected chi connectivity index (χ1v) is 17.2. The molecule has 0 spiro atoms. The first kappa shape index (κ1) is 28.3. The maximum Gasteiger partial charge on any atom is 0.205 e. The number of halogens is 1. The topological polar surface area (TPSA) is 27.7 Å². The number of rotatable bonds is 9. The third-order valence-electron chi connectivity index (χ3n) is 5.23. The van der Waals surface area contributed by atoms with Crippen molar-refractivity contribution in [1.29, 1.82) is 0 Å². The van der Waals surface area contributed by atoms with Gasteiger partial charge in [0.1, 0.15) is 12.4 Å². The van der Waals surface area contributed by atoms with Gasteiger partial charge in [-0.05, 0) is 87.8 Å². The van der Waals surface area contributed by atoms with Gasteiger partial charge in [-0.25, -0.2) is 0 Å². The van der Waals surface area contributed by atoms with E-state index in [1.54, 1.807) is 0 Å². The predicted octanol–water partition coefficient (Wildman–Crippen LogP) is 8.74. The molecule has 0 N–H and O–H groups in total. The maximum absolute atomic E-state index is 6.65. The summed E-state index contributed by atoms with van der Waals surface area (Å²) in [4.78, 5) is 0. The van der Waals surface area contributed by atoms with Crippen LogP contribution >= 0.6 is 15.9 Å². The Labute approximate surface area is 213 Å². The molecule has 0 aliphatic rings. The monoisotopic (exact) mass is 548 g/mol. The molecule has 182 valence electrons. The number of para-hydroxylation sites is 1. The summed E-state index contributed by atoms with van der Waals surface area (Å²) in [6.07, 6.45) is -0.00917. The Hall–Kier alpha value is -0.926. The molecule has 0 aliphatic heterocycles. The molecule has 33 heavy (non-hydrogen) atoms. The van der Waals surface area contributed by atoms with Gasteiger partial charge in [-0.2, -0.15) is 0 Å². The van der Waals surface area contributed by atoms with Crippen LogP contribution in [-0.2, 0) is 15.5 Å². The van der Waals surface area contributed by atoms with Crippen LogP contribution in [-0.4, -0.2) is 18.1 Å². The molecule has 0 amide bonds. The van der Waals surface area contributed by atoms with Crippen LogP contribution in [0.4, 0.5) is 0 Å². The van der Waals surface area contributed by atoms with Crippen molar-refractivity contribution >= 4 is 34.0 Å². The lowest BCUT2D eigenvalue weighted by molar-refractivity contribution is 0.0655. The Balaban J connectivity index is 2.57. The summed E-state index contributed by atoms with van der Waals surface area (Å²) < 4.78 is 20.4. The fraction of sp³-hybridized carbons (Fsp3) is 0.556. The SMILES string of the molecule is C[Si](C)OC(c1ccc(COc2ccccc2Br)cc1C(O[Si](C)C)C(C)(C)C)C(C)(C)C. The second-order valence-corrected chi connectivity index (χ2v) is 16.2. The van der Waals surface area contributed by atoms with Gasteiger partial charge in [-0.15, -0.1) is 0 Å². The van der Waals surface area contributed by atoms with Gasteiger partial charge < -0.3 is 13.6 Å². The highest BCUT2D eigenvalue weighted by Crippen LogP contribution is 2.45. The van der Waals surface area contributed by atoms with Crippen molar-refractivity contribution < 1.29 is 13.6 Å². The Morgan fingerprint density at radius 3 is 1.76 bits per heavy atom. The summed E-state index contributed by atoms with van der Waals surface area (Å²) >= 11 is 3.58. The Bertz CT molecular complexity index is 901. The second-order valence-electron chi connectivity index (χ2n) is 11.2. The molecule has 2 unspecified atom stereocenters. The highest BCUT2D eigenvalue weighted by Gasteiger charge is 2.36. The van der Waals surface area contributed by atoms with E-state index < -0.39 is 18.1 Å². The van der Waals surface area contributed by atoms with Gasteiger partial charge in [-0.1, -0.05) is 65.8 Å². The van der Waals surface area contributed by atoms with Crippen LogP contribution in [0, 0.1) is 10.8 Å². The van der Waals surface area contributed by atoms with E-state index >= 15 is 0 Å². The highest BCUT2D eigenvalue weighted by atomic mass is 79.9. The summed E-state index contributed by atoms with van der Waals surface area (Å²) in [6, 6.07) is 14.7. The molecule has 2 radical (unpaired) electrons. The Kier molecular flexibility index (Phi) is 10.0. The van der Waals surface area contributed by atoms with Crippen molar-refractivity contribution in [2.24, 2.45) is 10.8 Å². The van der Waals surface area contributed by atoms with Gasteiger partial charge >= 0.3 is 0 Å². The summed E-state index contributed by atoms with van der Waals surface area (Å²) in [5, 5.41) is 0. The van der Waals surface area contributed by atoms with E-state index in [-0.39, 0.29) is 23.0 Å². The maximum atomic E-state index is 6.65. The van der Waals surface area contributed by atoms with E-state index in [1.807, 2.05) is 24.3 Å². The summed E-state index contributed by atoms with van der Waals surface area (Å²) in [6.45, 7) is 22.9. The minimum absolute atomic E-state index is 0.00691. The van der Waals surface area contributed by atoms with E-state index in [4.69, 9.17) is 13.6 Å². The van der Waals surface area contributed by atoms with Gasteiger partial charge in [0.25, 0.3) is 0 Å². The fourth-order valence-corrected chi connectivity index (χ4v) is 6.09. The Morgan fingerprint density at radius 1 is 0.758 bits per heavy atom. The average Bonchev–Trinajstić information content (AvgIpc) is 2.68. The number of benzene rings is 2. The first-order chi connectivity index (χ1) is 15.2. The van der Waals surface area contributed by atoms with E-state index in [1.165, 1.54) is 11.1 Å². The van der Waals surface area contributed by atoms with E-state index in [0.717, 1.165) is 15.8 Å². The number of ether oxygens (including phenoxy) is 1. The van der Waals surface area contributed by atoms with Crippen LogP contribution in [0.2, 0.25) is 26.2 Å². The zero-order chi connectivity index (χ0) is 25.0. The van der Waals surface area contributed by atoms with Crippen molar-refractivity contribution in [3.05, 3.63) is 63.6 Å². The third kappa shape index (κ3) is 8.35. The van der Waals surface area contributed by atoms with Crippen LogP contribution in [0.1, 0.15) is 70.4 Å². The highest BCUT2D eigenvalue weighted by molar-refractivity contribution is 9.10. The van der Waals surface area contributed by atoms with E-state index in [9.17, 15) is 0 Å². The molecule has 0 fully saturated rings. The smallest absolute Gasteiger partial charge is 0.205 e. The Morgan fingerprint density at radius 2 is 1.27 bits per heavy atom. The molecule has 0 saturated heterocycles. The van der Waals surface area contributed by atoms with Gasteiger partial charge in [-0.3, -0.25) is 0 Å². The quantitative estimate of drug-likeness (QED) is 0.293. The molecule has 0 aliphatic carbocycles. The van der Waals surface area contributed by atoms with Crippen molar-refractivity contribution in [2.45, 2.75) is 86.5 Å². The van der Waals surface area contributed by atoms with Crippen LogP contribution < -0.4 is 4.74 Å². The van der Waals surface area contributed by atoms with Crippen LogP contribution in [0.3, 0.4) is 0 Å². The molecule has 0 saturated carbocycles. The van der Waals surface area contributed by atoms with Crippen molar-refractivity contribution in [1.82, 2.24) is 0 Å². The molecule has 6 heteroatoms. The fourth-order valence-electron chi connectivity index (χ4n) is 3.79. The number of hydrogen-bond donors (Lipinski definition) is 0. The van der Waals surface area contributed by atoms with Gasteiger partial charge in [0.15, 0.2) is 0 Å². The zero-order valence-electron chi connectivity index (χ0n) is 22.0. The minimum Gasteiger partial charge on any atom is -0.488 e. The van der Waals surface area contributed by atoms with E-state index in [0.29, 0.717) is 6.61 Å². The molecule has 3 nitrogen and oxygen atoms in total. The molecule has 2 atom stereocenters. The molecular weight excluding hydrogens is 508 g/mol. The summed E-state index contributed by atoms with van der Waals surface area (Å²) in [7, 11) is -1.79. The minimum atomic E-state index is -0.907. The van der Waals surface area contributed by atoms with Gasteiger partial charge in [0.05, 0.1) is 16.7 Å². The number of hydrogen-bond acceptors (Lipinski definition) is 3. The van der Waals surface area contributed by atoms with E-state index in [2.05, 4.69) is 102 Å². The molecule has 2 aromatic rings. The largest absolute Gasteiger partial charge is 0.488 e. The van der Waals surface area contributed by atoms with Gasteiger partial charge in [0.2, 0.25) is 18.1 Å². The molecule has 2 aromatic carbocycles. The lowest BCUT2D eigenvalue weighted by Gasteiger charge is -2.39.